The summed E-state index contributed by atoms with van der Waals surface area (Å²) in [6, 6.07) is 21.9. The van der Waals surface area contributed by atoms with Gasteiger partial charge in [0.05, 0.1) is 20.6 Å². The van der Waals surface area contributed by atoms with Gasteiger partial charge in [-0.25, -0.2) is 4.79 Å². The number of rotatable bonds is 8. The quantitative estimate of drug-likeness (QED) is 0.308. The number of benzene rings is 3. The van der Waals surface area contributed by atoms with Crippen LogP contribution in [0.1, 0.15) is 16.8 Å². The van der Waals surface area contributed by atoms with Gasteiger partial charge in [0.2, 0.25) is 4.90 Å². The number of para-hydroxylation sites is 1. The van der Waals surface area contributed by atoms with Crippen LogP contribution in [-0.2, 0) is 15.6 Å². The Morgan fingerprint density at radius 3 is 2.22 bits per heavy atom. The zero-order chi connectivity index (χ0) is 23.1. The van der Waals surface area contributed by atoms with Gasteiger partial charge in [-0.05, 0) is 42.5 Å². The molecule has 8 heteroatoms. The maximum absolute atomic E-state index is 12.9. The molecule has 4 nitrogen and oxygen atoms in total. The van der Waals surface area contributed by atoms with E-state index in [1.54, 1.807) is 19.2 Å². The first kappa shape index (κ1) is 23.5. The second-order valence-electron chi connectivity index (χ2n) is 6.63. The van der Waals surface area contributed by atoms with E-state index in [0.29, 0.717) is 16.4 Å². The van der Waals surface area contributed by atoms with Gasteiger partial charge in [0, 0.05) is 0 Å². The van der Waals surface area contributed by atoms with Gasteiger partial charge in [0.1, 0.15) is 28.8 Å². The highest BCUT2D eigenvalue weighted by Crippen LogP contribution is 2.39. The lowest BCUT2D eigenvalue weighted by Crippen LogP contribution is -2.17. The molecule has 0 fully saturated rings. The molecule has 0 heterocycles. The number of carbonyl (C=O) groups excluding carboxylic acids is 1. The van der Waals surface area contributed by atoms with Crippen molar-refractivity contribution in [3.63, 3.8) is 0 Å². The van der Waals surface area contributed by atoms with Gasteiger partial charge < -0.3 is 14.2 Å². The molecule has 0 aliphatic heterocycles. The summed E-state index contributed by atoms with van der Waals surface area (Å²) in [6.45, 7) is -0.757. The van der Waals surface area contributed by atoms with Crippen LogP contribution in [0.25, 0.3) is 0 Å². The third kappa shape index (κ3) is 5.76. The largest absolute Gasteiger partial charge is 0.497 e. The average Bonchev–Trinajstić information content (AvgIpc) is 2.79. The van der Waals surface area contributed by atoms with E-state index in [1.807, 2.05) is 54.6 Å². The van der Waals surface area contributed by atoms with Gasteiger partial charge >= 0.3 is 12.1 Å². The summed E-state index contributed by atoms with van der Waals surface area (Å²) in [7, 11) is 2.22. The average molecular weight is 463 g/mol. The molecular weight excluding hydrogens is 441 g/mol. The highest BCUT2D eigenvalue weighted by atomic mass is 32.2. The normalized spacial score (nSPS) is 12.2. The predicted molar refractivity (Wildman–Crippen MR) is 116 cm³/mol. The molecule has 0 saturated heterocycles. The van der Waals surface area contributed by atoms with Crippen LogP contribution in [0.5, 0.6) is 11.5 Å². The Labute approximate surface area is 187 Å². The van der Waals surface area contributed by atoms with Crippen molar-refractivity contribution in [3.8, 4) is 11.5 Å². The van der Waals surface area contributed by atoms with Crippen LogP contribution in [0.3, 0.4) is 0 Å². The fraction of sp³-hybridized carbons (Fsp3) is 0.208. The van der Waals surface area contributed by atoms with Crippen LogP contribution < -0.4 is 9.47 Å². The lowest BCUT2D eigenvalue weighted by Gasteiger charge is -2.15. The molecular formula is C24H22F3O4S+. The molecule has 0 saturated carbocycles. The molecule has 3 rings (SSSR count). The number of alkyl halides is 3. The van der Waals surface area contributed by atoms with Crippen molar-refractivity contribution in [2.45, 2.75) is 27.3 Å². The first-order valence-corrected chi connectivity index (χ1v) is 10.9. The molecule has 1 unspecified atom stereocenters. The van der Waals surface area contributed by atoms with Gasteiger partial charge in [0.15, 0.2) is 15.5 Å². The van der Waals surface area contributed by atoms with Crippen molar-refractivity contribution in [1.82, 2.24) is 0 Å². The zero-order valence-corrected chi connectivity index (χ0v) is 18.3. The minimum absolute atomic E-state index is 0.143. The molecule has 0 bridgehead atoms. The predicted octanol–water partition coefficient (Wildman–Crippen LogP) is 5.91. The lowest BCUT2D eigenvalue weighted by atomic mass is 10.2. The van der Waals surface area contributed by atoms with E-state index in [4.69, 9.17) is 14.2 Å². The topological polar surface area (TPSA) is 44.8 Å². The third-order valence-electron chi connectivity index (χ3n) is 4.51. The standard InChI is InChI=1S/C24H22F3O4S/c1-29-17-12-13-21(19(16-17)23(28)31-15-14-24(25,26)27)32(18-8-4-3-5-9-18)22-11-7-6-10-20(22)30-2/h3-13,16H,14-15H2,1-2H3/q+1. The summed E-state index contributed by atoms with van der Waals surface area (Å²) in [5.41, 5.74) is 0.143. The highest BCUT2D eigenvalue weighted by Gasteiger charge is 2.37. The number of ether oxygens (including phenoxy) is 3. The van der Waals surface area contributed by atoms with E-state index in [-0.39, 0.29) is 5.56 Å². The molecule has 0 aromatic heterocycles. The molecule has 0 aliphatic rings. The summed E-state index contributed by atoms with van der Waals surface area (Å²) in [5.74, 6) is 0.187. The maximum atomic E-state index is 12.9. The van der Waals surface area contributed by atoms with E-state index in [2.05, 4.69) is 0 Å². The summed E-state index contributed by atoms with van der Waals surface area (Å²) in [4.78, 5) is 15.2. The minimum Gasteiger partial charge on any atom is -0.497 e. The smallest absolute Gasteiger partial charge is 0.392 e. The first-order chi connectivity index (χ1) is 15.3. The number of esters is 1. The molecule has 0 amide bonds. The van der Waals surface area contributed by atoms with Crippen LogP contribution >= 0.6 is 0 Å². The summed E-state index contributed by atoms with van der Waals surface area (Å²) in [5, 5.41) is 0. The molecule has 1 atom stereocenters. The Bertz CT molecular complexity index is 1050. The van der Waals surface area contributed by atoms with Gasteiger partial charge in [0.25, 0.3) is 0 Å². The number of hydrogen-bond acceptors (Lipinski definition) is 4. The Morgan fingerprint density at radius 2 is 1.56 bits per heavy atom. The zero-order valence-electron chi connectivity index (χ0n) is 17.5. The number of halogens is 3. The monoisotopic (exact) mass is 463 g/mol. The summed E-state index contributed by atoms with van der Waals surface area (Å²) < 4.78 is 53.4. The number of carbonyl (C=O) groups is 1. The molecule has 0 aliphatic carbocycles. The van der Waals surface area contributed by atoms with Crippen LogP contribution in [0.4, 0.5) is 13.2 Å². The number of hydrogen-bond donors (Lipinski definition) is 0. The molecule has 0 spiro atoms. The van der Waals surface area contributed by atoms with Crippen LogP contribution in [0.15, 0.2) is 87.5 Å². The maximum Gasteiger partial charge on any atom is 0.392 e. The molecule has 168 valence electrons. The van der Waals surface area contributed by atoms with Crippen molar-refractivity contribution in [1.29, 1.82) is 0 Å². The van der Waals surface area contributed by atoms with E-state index >= 15 is 0 Å². The van der Waals surface area contributed by atoms with Crippen molar-refractivity contribution < 1.29 is 32.2 Å². The summed E-state index contributed by atoms with van der Waals surface area (Å²) >= 11 is 0. The van der Waals surface area contributed by atoms with E-state index in [1.165, 1.54) is 13.2 Å². The first-order valence-electron chi connectivity index (χ1n) is 9.68. The third-order valence-corrected chi connectivity index (χ3v) is 6.83. The van der Waals surface area contributed by atoms with Crippen molar-refractivity contribution in [2.75, 3.05) is 20.8 Å². The second-order valence-corrected chi connectivity index (χ2v) is 8.60. The Morgan fingerprint density at radius 1 is 0.875 bits per heavy atom. The van der Waals surface area contributed by atoms with Crippen LogP contribution in [-0.4, -0.2) is 33.0 Å². The van der Waals surface area contributed by atoms with Gasteiger partial charge in [-0.1, -0.05) is 30.3 Å². The highest BCUT2D eigenvalue weighted by molar-refractivity contribution is 7.97. The summed E-state index contributed by atoms with van der Waals surface area (Å²) in [6.07, 6.45) is -5.63. The molecule has 0 N–H and O–H groups in total. The molecule has 3 aromatic carbocycles. The van der Waals surface area contributed by atoms with E-state index in [0.717, 1.165) is 9.79 Å². The number of methoxy groups -OCH3 is 2. The Kier molecular flexibility index (Phi) is 7.69. The molecule has 0 radical (unpaired) electrons. The molecule has 32 heavy (non-hydrogen) atoms. The van der Waals surface area contributed by atoms with E-state index in [9.17, 15) is 18.0 Å². The van der Waals surface area contributed by atoms with Crippen molar-refractivity contribution >= 4 is 16.9 Å². The van der Waals surface area contributed by atoms with Gasteiger partial charge in [-0.2, -0.15) is 13.2 Å². The fourth-order valence-electron chi connectivity index (χ4n) is 3.03. The van der Waals surface area contributed by atoms with E-state index < -0.39 is 36.1 Å². The Balaban J connectivity index is 2.11. The van der Waals surface area contributed by atoms with Crippen molar-refractivity contribution in [2.24, 2.45) is 0 Å². The fourth-order valence-corrected chi connectivity index (χ4v) is 5.33. The van der Waals surface area contributed by atoms with Gasteiger partial charge in [-0.15, -0.1) is 0 Å². The minimum atomic E-state index is -4.41. The SMILES string of the molecule is COc1ccc([S+](c2ccccc2)c2ccccc2OC)c(C(=O)OCCC(F)(F)F)c1. The van der Waals surface area contributed by atoms with Gasteiger partial charge in [-0.3, -0.25) is 0 Å². The van der Waals surface area contributed by atoms with Crippen molar-refractivity contribution in [3.05, 3.63) is 78.4 Å². The van der Waals surface area contributed by atoms with Crippen LogP contribution in [0.2, 0.25) is 0 Å². The van der Waals surface area contributed by atoms with Crippen LogP contribution in [0, 0.1) is 0 Å². The second kappa shape index (κ2) is 10.5. The molecule has 3 aromatic rings. The Hall–Kier alpha value is -3.13. The lowest BCUT2D eigenvalue weighted by molar-refractivity contribution is -0.141.